The van der Waals surface area contributed by atoms with Crippen molar-refractivity contribution in [2.24, 2.45) is 0 Å². The van der Waals surface area contributed by atoms with Crippen LogP contribution in [-0.2, 0) is 9.53 Å². The van der Waals surface area contributed by atoms with Gasteiger partial charge in [0.25, 0.3) is 0 Å². The van der Waals surface area contributed by atoms with Crippen LogP contribution in [0.5, 0.6) is 0 Å². The summed E-state index contributed by atoms with van der Waals surface area (Å²) in [5, 5.41) is 6.02. The van der Waals surface area contributed by atoms with Crippen molar-refractivity contribution < 1.29 is 9.53 Å². The van der Waals surface area contributed by atoms with E-state index in [0.29, 0.717) is 12.3 Å². The Balaban J connectivity index is 1.97. The van der Waals surface area contributed by atoms with E-state index in [1.165, 1.54) is 6.42 Å². The third kappa shape index (κ3) is 8.44. The van der Waals surface area contributed by atoms with Crippen molar-refractivity contribution in [1.29, 1.82) is 0 Å². The summed E-state index contributed by atoms with van der Waals surface area (Å²) in [4.78, 5) is 12.5. The van der Waals surface area contributed by atoms with Crippen LogP contribution in [-0.4, -0.2) is 41.8 Å². The van der Waals surface area contributed by atoms with Gasteiger partial charge in [-0.15, -0.1) is 11.8 Å². The minimum Gasteiger partial charge on any atom is -0.380 e. The molecule has 0 aliphatic carbocycles. The van der Waals surface area contributed by atoms with Crippen molar-refractivity contribution in [1.82, 2.24) is 10.6 Å². The molecule has 1 unspecified atom stereocenters. The van der Waals surface area contributed by atoms with Crippen molar-refractivity contribution in [2.75, 3.05) is 25.4 Å². The number of thiocarbonyl (C=S) groups is 1. The number of amides is 1. The molecule has 0 spiro atoms. The molecule has 2 N–H and O–H groups in total. The lowest BCUT2D eigenvalue weighted by atomic mass is 10.2. The van der Waals surface area contributed by atoms with Gasteiger partial charge in [-0.3, -0.25) is 4.79 Å². The normalized spacial score (nSPS) is 18.9. The average molecular weight is 304 g/mol. The molecule has 1 atom stereocenters. The van der Waals surface area contributed by atoms with E-state index < -0.39 is 0 Å². The number of ether oxygens (including phenoxy) is 1. The van der Waals surface area contributed by atoms with Gasteiger partial charge in [0, 0.05) is 19.7 Å². The lowest BCUT2D eigenvalue weighted by Gasteiger charge is -2.21. The van der Waals surface area contributed by atoms with Crippen molar-refractivity contribution in [3.05, 3.63) is 0 Å². The fraction of sp³-hybridized carbons (Fsp3) is 0.846. The summed E-state index contributed by atoms with van der Waals surface area (Å²) < 4.78 is 5.57. The second kappa shape index (κ2) is 10.5. The van der Waals surface area contributed by atoms with Crippen LogP contribution in [0.4, 0.5) is 0 Å². The van der Waals surface area contributed by atoms with E-state index in [1.54, 1.807) is 11.8 Å². The number of hydrogen-bond acceptors (Lipinski definition) is 4. The Bertz CT molecular complexity index is 282. The second-order valence-corrected chi connectivity index (χ2v) is 6.15. The Morgan fingerprint density at radius 1 is 1.42 bits per heavy atom. The second-order valence-electron chi connectivity index (χ2n) is 4.51. The van der Waals surface area contributed by atoms with Gasteiger partial charge in [-0.2, -0.15) is 0 Å². The minimum absolute atomic E-state index is 0.0912. The molecule has 110 valence electrons. The minimum atomic E-state index is 0.0912. The molecule has 6 heteroatoms. The smallest absolute Gasteiger partial charge is 0.230 e. The highest BCUT2D eigenvalue weighted by Gasteiger charge is 2.15. The van der Waals surface area contributed by atoms with Gasteiger partial charge in [-0.05, 0) is 39.0 Å². The largest absolute Gasteiger partial charge is 0.380 e. The zero-order valence-corrected chi connectivity index (χ0v) is 13.2. The van der Waals surface area contributed by atoms with Gasteiger partial charge in [-0.25, -0.2) is 0 Å². The molecule has 1 aliphatic rings. The van der Waals surface area contributed by atoms with Crippen molar-refractivity contribution in [3.63, 3.8) is 0 Å². The Labute approximate surface area is 125 Å². The van der Waals surface area contributed by atoms with Crippen LogP contribution < -0.4 is 10.6 Å². The van der Waals surface area contributed by atoms with Crippen LogP contribution in [0, 0.1) is 0 Å². The Morgan fingerprint density at radius 2 is 2.26 bits per heavy atom. The van der Waals surface area contributed by atoms with Gasteiger partial charge in [0.15, 0.2) is 0 Å². The van der Waals surface area contributed by atoms with Crippen molar-refractivity contribution >= 4 is 34.9 Å². The van der Waals surface area contributed by atoms with E-state index in [1.807, 2.05) is 6.92 Å². The lowest BCUT2D eigenvalue weighted by Crippen LogP contribution is -2.29. The average Bonchev–Trinajstić information content (AvgIpc) is 2.43. The number of hydrogen-bond donors (Lipinski definition) is 2. The molecule has 0 aromatic heterocycles. The summed E-state index contributed by atoms with van der Waals surface area (Å²) in [6.45, 7) is 4.42. The lowest BCUT2D eigenvalue weighted by molar-refractivity contribution is -0.118. The maximum Gasteiger partial charge on any atom is 0.230 e. The number of carbonyl (C=O) groups excluding carboxylic acids is 1. The molecular formula is C13H24N2O2S2. The Kier molecular flexibility index (Phi) is 9.20. The quantitative estimate of drug-likeness (QED) is 0.531. The van der Waals surface area contributed by atoms with Gasteiger partial charge < -0.3 is 15.4 Å². The highest BCUT2D eigenvalue weighted by atomic mass is 32.2. The molecule has 1 rings (SSSR count). The number of thioether (sulfide) groups is 1. The number of nitrogens with one attached hydrogen (secondary N) is 2. The van der Waals surface area contributed by atoms with Crippen LogP contribution in [0.25, 0.3) is 0 Å². The summed E-state index contributed by atoms with van der Waals surface area (Å²) in [5.41, 5.74) is 0.209. The summed E-state index contributed by atoms with van der Waals surface area (Å²) in [6, 6.07) is 0. The highest BCUT2D eigenvalue weighted by Crippen LogP contribution is 2.22. The van der Waals surface area contributed by atoms with Gasteiger partial charge in [0.2, 0.25) is 5.91 Å². The molecule has 0 saturated carbocycles. The topological polar surface area (TPSA) is 50.4 Å². The summed E-state index contributed by atoms with van der Waals surface area (Å²) in [5.74, 6) is 0.580. The predicted octanol–water partition coefficient (Wildman–Crippen LogP) is 2.08. The molecule has 19 heavy (non-hydrogen) atoms. The molecule has 1 fully saturated rings. The SMILES string of the molecule is CCNC(=S)CCCNC(=O)CSC1CCCCO1. The maximum atomic E-state index is 11.6. The standard InChI is InChI=1S/C13H24N2O2S2/c1-2-14-12(18)6-5-8-15-11(16)10-19-13-7-3-4-9-17-13/h13H,2-10H2,1H3,(H,14,18)(H,15,16). The molecule has 0 aromatic carbocycles. The van der Waals surface area contributed by atoms with E-state index >= 15 is 0 Å². The first-order valence-electron chi connectivity index (χ1n) is 6.99. The van der Waals surface area contributed by atoms with E-state index in [0.717, 1.165) is 43.8 Å². The number of rotatable bonds is 8. The highest BCUT2D eigenvalue weighted by molar-refractivity contribution is 8.00. The van der Waals surface area contributed by atoms with Crippen molar-refractivity contribution in [2.45, 2.75) is 44.5 Å². The maximum absolute atomic E-state index is 11.6. The molecule has 0 radical (unpaired) electrons. The van der Waals surface area contributed by atoms with Crippen LogP contribution in [0.15, 0.2) is 0 Å². The Morgan fingerprint density at radius 3 is 2.95 bits per heavy atom. The van der Waals surface area contributed by atoms with Gasteiger partial charge in [0.05, 0.1) is 10.7 Å². The first-order chi connectivity index (χ1) is 9.22. The van der Waals surface area contributed by atoms with E-state index in [-0.39, 0.29) is 11.3 Å². The zero-order valence-electron chi connectivity index (χ0n) is 11.6. The fourth-order valence-electron chi connectivity index (χ4n) is 1.82. The summed E-state index contributed by atoms with van der Waals surface area (Å²) in [7, 11) is 0. The molecule has 0 aromatic rings. The monoisotopic (exact) mass is 304 g/mol. The van der Waals surface area contributed by atoms with Gasteiger partial charge in [0.1, 0.15) is 5.44 Å². The third-order valence-electron chi connectivity index (χ3n) is 2.81. The van der Waals surface area contributed by atoms with E-state index in [4.69, 9.17) is 17.0 Å². The van der Waals surface area contributed by atoms with Crippen LogP contribution >= 0.6 is 24.0 Å². The zero-order chi connectivity index (χ0) is 13.9. The molecule has 1 amide bonds. The van der Waals surface area contributed by atoms with Crippen LogP contribution in [0.1, 0.15) is 39.0 Å². The predicted molar refractivity (Wildman–Crippen MR) is 84.6 cm³/mol. The van der Waals surface area contributed by atoms with Gasteiger partial charge in [-0.1, -0.05) is 12.2 Å². The molecule has 0 bridgehead atoms. The van der Waals surface area contributed by atoms with Crippen LogP contribution in [0.3, 0.4) is 0 Å². The number of carbonyl (C=O) groups is 1. The molecule has 1 heterocycles. The van der Waals surface area contributed by atoms with E-state index in [9.17, 15) is 4.79 Å². The molecular weight excluding hydrogens is 280 g/mol. The third-order valence-corrected chi connectivity index (χ3v) is 4.34. The summed E-state index contributed by atoms with van der Waals surface area (Å²) >= 11 is 6.73. The Hall–Kier alpha value is -0.330. The summed E-state index contributed by atoms with van der Waals surface area (Å²) in [6.07, 6.45) is 5.15. The first-order valence-corrected chi connectivity index (χ1v) is 8.44. The fourth-order valence-corrected chi connectivity index (χ4v) is 3.08. The first kappa shape index (κ1) is 16.7. The van der Waals surface area contributed by atoms with Crippen molar-refractivity contribution in [3.8, 4) is 0 Å². The van der Waals surface area contributed by atoms with Gasteiger partial charge >= 0.3 is 0 Å². The van der Waals surface area contributed by atoms with Crippen LogP contribution in [0.2, 0.25) is 0 Å². The van der Waals surface area contributed by atoms with E-state index in [2.05, 4.69) is 10.6 Å². The molecule has 1 saturated heterocycles. The molecule has 1 aliphatic heterocycles. The molecule has 4 nitrogen and oxygen atoms in total.